The molecule has 8 heteroatoms. The molecule has 27 heavy (non-hydrogen) atoms. The fourth-order valence-corrected chi connectivity index (χ4v) is 3.61. The van der Waals surface area contributed by atoms with Crippen LogP contribution in [0, 0.1) is 23.7 Å². The molecule has 1 aromatic rings. The molecule has 2 heterocycles. The fourth-order valence-electron chi connectivity index (χ4n) is 3.61. The summed E-state index contributed by atoms with van der Waals surface area (Å²) in [6.45, 7) is 9.64. The molecule has 3 rings (SSSR count). The summed E-state index contributed by atoms with van der Waals surface area (Å²) in [5.41, 5.74) is 0.904. The average molecular weight is 385 g/mol. The van der Waals surface area contributed by atoms with Crippen molar-refractivity contribution in [2.24, 2.45) is 23.7 Å². The van der Waals surface area contributed by atoms with Gasteiger partial charge in [-0.2, -0.15) is 13.2 Å². The summed E-state index contributed by atoms with van der Waals surface area (Å²) in [6.07, 6.45) is -1.93. The van der Waals surface area contributed by atoms with Crippen molar-refractivity contribution in [2.45, 2.75) is 52.0 Å². The van der Waals surface area contributed by atoms with E-state index in [0.717, 1.165) is 5.57 Å². The second-order valence-electron chi connectivity index (χ2n) is 7.79. The lowest BCUT2D eigenvalue weighted by molar-refractivity contribution is -0.149. The molecule has 4 nitrogen and oxygen atoms in total. The zero-order chi connectivity index (χ0) is 20.1. The predicted octanol–water partition coefficient (Wildman–Crippen LogP) is 5.02. The van der Waals surface area contributed by atoms with E-state index in [0.29, 0.717) is 0 Å². The molecule has 1 fully saturated rings. The third-order valence-electron chi connectivity index (χ3n) is 5.59. The molecule has 0 spiro atoms. The second-order valence-corrected chi connectivity index (χ2v) is 7.79. The topological polar surface area (TPSA) is 47.8 Å². The van der Waals surface area contributed by atoms with Gasteiger partial charge in [-0.1, -0.05) is 38.2 Å². The standard InChI is InChI=1S/C19H23F4N3O/c1-9(2)5-6-10(3)11(4)15-8-14(20)18-24-17(25-26(15)18)16(27)12-7-13(12)19(21,22)23/h5-6,10-15H,1,7-8H2,2-4H3/b6-5-/t10?,11?,12-,13-,14+,15+/m1/s1. The number of nitrogens with zero attached hydrogens (tertiary/aromatic N) is 3. The van der Waals surface area contributed by atoms with Crippen LogP contribution in [-0.2, 0) is 0 Å². The molecule has 6 atom stereocenters. The Kier molecular flexibility index (Phi) is 5.03. The third kappa shape index (κ3) is 3.84. The molecule has 0 bridgehead atoms. The molecule has 2 aliphatic rings. The van der Waals surface area contributed by atoms with Crippen molar-refractivity contribution in [3.8, 4) is 0 Å². The van der Waals surface area contributed by atoms with Crippen LogP contribution in [0.2, 0.25) is 0 Å². The van der Waals surface area contributed by atoms with Crippen LogP contribution in [0.3, 0.4) is 0 Å². The van der Waals surface area contributed by atoms with E-state index < -0.39 is 30.0 Å². The molecule has 0 N–H and O–H groups in total. The lowest BCUT2D eigenvalue weighted by Gasteiger charge is -2.24. The highest BCUT2D eigenvalue weighted by Crippen LogP contribution is 2.51. The van der Waals surface area contributed by atoms with Crippen LogP contribution < -0.4 is 0 Å². The van der Waals surface area contributed by atoms with Crippen LogP contribution in [0.1, 0.15) is 62.3 Å². The van der Waals surface area contributed by atoms with Crippen molar-refractivity contribution < 1.29 is 22.4 Å². The van der Waals surface area contributed by atoms with Crippen molar-refractivity contribution in [3.05, 3.63) is 36.0 Å². The van der Waals surface area contributed by atoms with Crippen molar-refractivity contribution in [3.63, 3.8) is 0 Å². The van der Waals surface area contributed by atoms with Crippen LogP contribution in [0.5, 0.6) is 0 Å². The maximum atomic E-state index is 14.4. The largest absolute Gasteiger partial charge is 0.392 e. The summed E-state index contributed by atoms with van der Waals surface area (Å²) in [6, 6.07) is -0.300. The smallest absolute Gasteiger partial charge is 0.290 e. The van der Waals surface area contributed by atoms with Gasteiger partial charge in [0.1, 0.15) is 0 Å². The van der Waals surface area contributed by atoms with Gasteiger partial charge in [0.25, 0.3) is 0 Å². The van der Waals surface area contributed by atoms with Gasteiger partial charge in [-0.3, -0.25) is 4.79 Å². The Labute approximate surface area is 155 Å². The summed E-state index contributed by atoms with van der Waals surface area (Å²) in [7, 11) is 0. The first-order valence-corrected chi connectivity index (χ1v) is 9.05. The Morgan fingerprint density at radius 2 is 2.00 bits per heavy atom. The second kappa shape index (κ2) is 6.87. The summed E-state index contributed by atoms with van der Waals surface area (Å²) < 4.78 is 53.9. The van der Waals surface area contributed by atoms with Crippen LogP contribution in [0.15, 0.2) is 24.3 Å². The minimum absolute atomic E-state index is 0.00796. The number of hydrogen-bond donors (Lipinski definition) is 0. The molecule has 1 aromatic heterocycles. The van der Waals surface area contributed by atoms with Crippen LogP contribution in [0.4, 0.5) is 17.6 Å². The van der Waals surface area contributed by atoms with E-state index in [9.17, 15) is 22.4 Å². The zero-order valence-corrected chi connectivity index (χ0v) is 15.5. The van der Waals surface area contributed by atoms with Gasteiger partial charge in [-0.15, -0.1) is 5.10 Å². The molecule has 0 aromatic carbocycles. The molecule has 0 radical (unpaired) electrons. The highest BCUT2D eigenvalue weighted by Gasteiger charge is 2.59. The van der Waals surface area contributed by atoms with Crippen molar-refractivity contribution in [2.75, 3.05) is 0 Å². The van der Waals surface area contributed by atoms with Gasteiger partial charge >= 0.3 is 6.18 Å². The maximum absolute atomic E-state index is 14.4. The summed E-state index contributed by atoms with van der Waals surface area (Å²) in [5.74, 6) is -3.67. The Hall–Kier alpha value is -1.99. The lowest BCUT2D eigenvalue weighted by atomic mass is 9.87. The van der Waals surface area contributed by atoms with E-state index in [2.05, 4.69) is 16.7 Å². The predicted molar refractivity (Wildman–Crippen MR) is 91.8 cm³/mol. The van der Waals surface area contributed by atoms with E-state index in [1.54, 1.807) is 0 Å². The molecular weight excluding hydrogens is 362 g/mol. The first-order valence-electron chi connectivity index (χ1n) is 9.05. The Morgan fingerprint density at radius 3 is 2.56 bits per heavy atom. The number of aromatic nitrogens is 3. The van der Waals surface area contributed by atoms with Gasteiger partial charge in [0, 0.05) is 12.3 Å². The minimum atomic E-state index is -4.40. The molecule has 1 aliphatic carbocycles. The van der Waals surface area contributed by atoms with Gasteiger partial charge in [-0.25, -0.2) is 14.1 Å². The minimum Gasteiger partial charge on any atom is -0.290 e. The van der Waals surface area contributed by atoms with Gasteiger partial charge < -0.3 is 0 Å². The van der Waals surface area contributed by atoms with Gasteiger partial charge in [-0.05, 0) is 25.2 Å². The number of alkyl halides is 4. The van der Waals surface area contributed by atoms with E-state index >= 15 is 0 Å². The van der Waals surface area contributed by atoms with Gasteiger partial charge in [0.05, 0.1) is 12.0 Å². The SMILES string of the molecule is C=C(C)/C=C\C(C)C(C)[C@@H]1C[C@H](F)c2nc(C(=O)[C@@H]3C[C@H]3C(F)(F)F)nn21. The molecule has 148 valence electrons. The van der Waals surface area contributed by atoms with Gasteiger partial charge in [0.2, 0.25) is 11.6 Å². The van der Waals surface area contributed by atoms with E-state index in [4.69, 9.17) is 0 Å². The highest BCUT2D eigenvalue weighted by molar-refractivity contribution is 5.96. The molecule has 1 aliphatic heterocycles. The van der Waals surface area contributed by atoms with Crippen molar-refractivity contribution >= 4 is 5.78 Å². The number of rotatable bonds is 6. The average Bonchev–Trinajstić information content (AvgIpc) is 3.19. The van der Waals surface area contributed by atoms with E-state index in [-0.39, 0.29) is 42.4 Å². The normalized spacial score (nSPS) is 29.6. The molecule has 2 unspecified atom stereocenters. The Morgan fingerprint density at radius 1 is 1.33 bits per heavy atom. The lowest BCUT2D eigenvalue weighted by Crippen LogP contribution is -2.21. The monoisotopic (exact) mass is 385 g/mol. The Bertz CT molecular complexity index is 782. The number of fused-ring (bicyclic) bond motifs is 1. The first kappa shape index (κ1) is 19.8. The highest BCUT2D eigenvalue weighted by atomic mass is 19.4. The van der Waals surface area contributed by atoms with Crippen molar-refractivity contribution in [1.29, 1.82) is 0 Å². The Balaban J connectivity index is 1.78. The zero-order valence-electron chi connectivity index (χ0n) is 15.5. The number of Topliss-reactive ketones (excluding diaryl/α,β-unsaturated/α-hetero) is 1. The maximum Gasteiger partial charge on any atom is 0.392 e. The van der Waals surface area contributed by atoms with E-state index in [1.165, 1.54) is 4.68 Å². The number of ketones is 1. The third-order valence-corrected chi connectivity index (χ3v) is 5.59. The first-order chi connectivity index (χ1) is 12.5. The molecule has 1 saturated carbocycles. The fraction of sp³-hybridized carbons (Fsp3) is 0.632. The molecule has 0 amide bonds. The number of halogens is 4. The van der Waals surface area contributed by atoms with Crippen molar-refractivity contribution in [1.82, 2.24) is 14.8 Å². The summed E-state index contributed by atoms with van der Waals surface area (Å²) in [5, 5.41) is 4.11. The quantitative estimate of drug-likeness (QED) is 0.392. The number of allylic oxidation sites excluding steroid dienone is 3. The van der Waals surface area contributed by atoms with Crippen LogP contribution in [0.25, 0.3) is 0 Å². The molecular formula is C19H23F4N3O. The van der Waals surface area contributed by atoms with E-state index in [1.807, 2.05) is 32.9 Å². The van der Waals surface area contributed by atoms with Crippen LogP contribution >= 0.6 is 0 Å². The number of carbonyl (C=O) groups excluding carboxylic acids is 1. The summed E-state index contributed by atoms with van der Waals surface area (Å²) >= 11 is 0. The number of carbonyl (C=O) groups is 1. The molecule has 0 saturated heterocycles. The summed E-state index contributed by atoms with van der Waals surface area (Å²) in [4.78, 5) is 16.2. The van der Waals surface area contributed by atoms with Gasteiger partial charge in [0.15, 0.2) is 12.0 Å². The van der Waals surface area contributed by atoms with Crippen LogP contribution in [-0.4, -0.2) is 26.7 Å². The number of hydrogen-bond acceptors (Lipinski definition) is 3.